The SMILES string of the molecule is C/N=C(/NC)NCCCCC(=O)Nc1cc(C(F)(F)F)cc(NC(=O)c2cc(C(=O)Nc3cc(C(F)(F)F)cc(NC(=O)CCCCN/C(=N\C)NC)c3SCCNC)c(OC)cc2OC)c1SCCNC. The predicted octanol–water partition coefficient (Wildman–Crippen LogP) is 6.68. The summed E-state index contributed by atoms with van der Waals surface area (Å²) in [6, 6.07) is 5.19. The van der Waals surface area contributed by atoms with Crippen LogP contribution in [0.5, 0.6) is 11.5 Å². The highest BCUT2D eigenvalue weighted by Crippen LogP contribution is 2.44. The van der Waals surface area contributed by atoms with Crippen LogP contribution in [0.1, 0.15) is 70.4 Å². The van der Waals surface area contributed by atoms with Gasteiger partial charge in [-0.25, -0.2) is 0 Å². The van der Waals surface area contributed by atoms with Crippen molar-refractivity contribution >= 4 is 81.8 Å². The first-order valence-corrected chi connectivity index (χ1v) is 24.6. The van der Waals surface area contributed by atoms with Gasteiger partial charge in [-0.15, -0.1) is 23.5 Å². The molecule has 10 N–H and O–H groups in total. The minimum atomic E-state index is -4.93. The van der Waals surface area contributed by atoms with Gasteiger partial charge in [0.25, 0.3) is 11.8 Å². The first-order chi connectivity index (χ1) is 34.3. The monoisotopic (exact) mass is 1060 g/mol. The van der Waals surface area contributed by atoms with Crippen molar-refractivity contribution in [2.75, 3.05) is 115 Å². The Hall–Kier alpha value is -6.12. The second kappa shape index (κ2) is 30.0. The molecule has 0 unspecified atom stereocenters. The van der Waals surface area contributed by atoms with Gasteiger partial charge in [-0.1, -0.05) is 0 Å². The van der Waals surface area contributed by atoms with E-state index in [-0.39, 0.29) is 68.0 Å². The number of hydrogen-bond acceptors (Lipinski definition) is 12. The molecule has 0 aromatic heterocycles. The molecule has 0 spiro atoms. The molecular weight excluding hydrogens is 995 g/mol. The van der Waals surface area contributed by atoms with Gasteiger partial charge < -0.3 is 62.6 Å². The summed E-state index contributed by atoms with van der Waals surface area (Å²) in [5.41, 5.74) is -4.19. The molecule has 0 heterocycles. The molecule has 0 saturated carbocycles. The number of halogens is 6. The lowest BCUT2D eigenvalue weighted by atomic mass is 10.1. The molecule has 0 aliphatic rings. The number of nitrogens with one attached hydrogen (secondary N) is 10. The number of anilines is 4. The third kappa shape index (κ3) is 18.8. The van der Waals surface area contributed by atoms with Crippen LogP contribution in [0, 0.1) is 0 Å². The third-order valence-corrected chi connectivity index (χ3v) is 12.5. The van der Waals surface area contributed by atoms with Crippen molar-refractivity contribution in [1.82, 2.24) is 31.9 Å². The highest BCUT2D eigenvalue weighted by atomic mass is 32.2. The zero-order valence-corrected chi connectivity index (χ0v) is 43.0. The zero-order chi connectivity index (χ0) is 53.4. The molecule has 0 aliphatic carbocycles. The molecule has 18 nitrogen and oxygen atoms in total. The Morgan fingerprint density at radius 2 is 0.889 bits per heavy atom. The van der Waals surface area contributed by atoms with Gasteiger partial charge >= 0.3 is 12.4 Å². The lowest BCUT2D eigenvalue weighted by Gasteiger charge is -2.21. The highest BCUT2D eigenvalue weighted by Gasteiger charge is 2.35. The van der Waals surface area contributed by atoms with Crippen LogP contribution in [0.15, 0.2) is 56.2 Å². The van der Waals surface area contributed by atoms with E-state index in [2.05, 4.69) is 63.2 Å². The number of ether oxygens (including phenoxy) is 2. The predicted molar refractivity (Wildman–Crippen MR) is 273 cm³/mol. The van der Waals surface area contributed by atoms with Gasteiger partial charge in [0.15, 0.2) is 11.9 Å². The number of methoxy groups -OCH3 is 2. The molecule has 4 amide bonds. The molecule has 3 rings (SSSR count). The van der Waals surface area contributed by atoms with Gasteiger partial charge in [-0.3, -0.25) is 29.2 Å². The van der Waals surface area contributed by atoms with Crippen LogP contribution in [-0.2, 0) is 21.9 Å². The Bertz CT molecular complexity index is 2220. The Morgan fingerprint density at radius 1 is 0.528 bits per heavy atom. The van der Waals surface area contributed by atoms with E-state index < -0.39 is 47.1 Å². The summed E-state index contributed by atoms with van der Waals surface area (Å²) < 4.78 is 97.9. The van der Waals surface area contributed by atoms with Gasteiger partial charge in [0.1, 0.15) is 11.5 Å². The van der Waals surface area contributed by atoms with E-state index in [1.165, 1.54) is 20.3 Å². The molecule has 0 radical (unpaired) electrons. The number of carbonyl (C=O) groups excluding carboxylic acids is 4. The average Bonchev–Trinajstić information content (AvgIpc) is 3.33. The third-order valence-electron chi connectivity index (χ3n) is 10.3. The molecule has 0 saturated heterocycles. The lowest BCUT2D eigenvalue weighted by molar-refractivity contribution is -0.138. The van der Waals surface area contributed by atoms with Crippen molar-refractivity contribution in [2.45, 2.75) is 60.7 Å². The Kier molecular flexibility index (Phi) is 25.1. The molecule has 0 aliphatic heterocycles. The zero-order valence-electron chi connectivity index (χ0n) is 41.4. The van der Waals surface area contributed by atoms with Gasteiger partial charge in [0, 0.05) is 84.8 Å². The normalized spacial score (nSPS) is 11.9. The number of guanidine groups is 2. The van der Waals surface area contributed by atoms with E-state index in [1.807, 2.05) is 0 Å². The maximum atomic E-state index is 14.5. The van der Waals surface area contributed by atoms with E-state index in [4.69, 9.17) is 9.47 Å². The average molecular weight is 1060 g/mol. The summed E-state index contributed by atoms with van der Waals surface area (Å²) in [6.45, 7) is 1.73. The summed E-state index contributed by atoms with van der Waals surface area (Å²) in [5, 5.41) is 27.9. The van der Waals surface area contributed by atoms with E-state index in [0.29, 0.717) is 75.3 Å². The number of rotatable bonds is 26. The minimum Gasteiger partial charge on any atom is -0.496 e. The second-order valence-corrected chi connectivity index (χ2v) is 17.6. The highest BCUT2D eigenvalue weighted by molar-refractivity contribution is 7.99. The topological polar surface area (TPSA) is 232 Å². The minimum absolute atomic E-state index is 0.0366. The summed E-state index contributed by atoms with van der Waals surface area (Å²) in [5.74, 6) is -1.94. The summed E-state index contributed by atoms with van der Waals surface area (Å²) in [4.78, 5) is 63.2. The van der Waals surface area contributed by atoms with Gasteiger partial charge in [-0.05, 0) is 70.1 Å². The molecule has 3 aromatic rings. The first kappa shape index (κ1) is 60.2. The molecule has 3 aromatic carbocycles. The second-order valence-electron chi connectivity index (χ2n) is 15.4. The smallest absolute Gasteiger partial charge is 0.416 e. The van der Waals surface area contributed by atoms with Crippen molar-refractivity contribution < 1.29 is 55.0 Å². The Labute approximate surface area is 423 Å². The lowest BCUT2D eigenvalue weighted by Crippen LogP contribution is -2.35. The Morgan fingerprint density at radius 3 is 1.19 bits per heavy atom. The maximum absolute atomic E-state index is 14.5. The van der Waals surface area contributed by atoms with Crippen LogP contribution >= 0.6 is 23.5 Å². The number of nitrogens with zero attached hydrogens (tertiary/aromatic N) is 2. The molecule has 0 bridgehead atoms. The molecule has 26 heteroatoms. The van der Waals surface area contributed by atoms with Crippen molar-refractivity contribution in [3.8, 4) is 11.5 Å². The number of aliphatic imine (C=N–C) groups is 2. The molecule has 0 fully saturated rings. The molecule has 398 valence electrons. The largest absolute Gasteiger partial charge is 0.496 e. The number of benzene rings is 3. The van der Waals surface area contributed by atoms with Crippen molar-refractivity contribution in [3.63, 3.8) is 0 Å². The van der Waals surface area contributed by atoms with E-state index in [0.717, 1.165) is 53.9 Å². The summed E-state index contributed by atoms with van der Waals surface area (Å²) >= 11 is 2.12. The van der Waals surface area contributed by atoms with E-state index in [9.17, 15) is 45.5 Å². The number of thioether (sulfide) groups is 2. The molecule has 0 atom stereocenters. The van der Waals surface area contributed by atoms with Gasteiger partial charge in [0.2, 0.25) is 11.8 Å². The van der Waals surface area contributed by atoms with Crippen LogP contribution in [0.4, 0.5) is 49.1 Å². The fourth-order valence-electron chi connectivity index (χ4n) is 6.63. The quantitative estimate of drug-likeness (QED) is 0.0133. The van der Waals surface area contributed by atoms with E-state index >= 15 is 0 Å². The van der Waals surface area contributed by atoms with Crippen LogP contribution < -0.4 is 62.6 Å². The van der Waals surface area contributed by atoms with Crippen LogP contribution in [0.3, 0.4) is 0 Å². The number of alkyl halides is 6. The van der Waals surface area contributed by atoms with Crippen LogP contribution in [0.2, 0.25) is 0 Å². The van der Waals surface area contributed by atoms with Crippen molar-refractivity contribution in [3.05, 3.63) is 58.7 Å². The fraction of sp³-hybridized carbons (Fsp3) is 0.478. The van der Waals surface area contributed by atoms with Crippen molar-refractivity contribution in [2.24, 2.45) is 9.98 Å². The summed E-state index contributed by atoms with van der Waals surface area (Å²) in [6.07, 6.45) is -8.09. The fourth-order valence-corrected chi connectivity index (χ4v) is 8.71. The number of amides is 4. The van der Waals surface area contributed by atoms with Gasteiger partial charge in [-0.2, -0.15) is 26.3 Å². The van der Waals surface area contributed by atoms with Crippen molar-refractivity contribution in [1.29, 1.82) is 0 Å². The number of unbranched alkanes of at least 4 members (excludes halogenated alkanes) is 2. The van der Waals surface area contributed by atoms with Crippen LogP contribution in [0.25, 0.3) is 0 Å². The maximum Gasteiger partial charge on any atom is 0.416 e. The molecule has 72 heavy (non-hydrogen) atoms. The first-order valence-electron chi connectivity index (χ1n) is 22.6. The standard InChI is InChI=1S/C46H64F6N12O6S2/c1-53-17-19-71-39-31(61-37(65)13-9-11-15-59-43(55-3)56-4)21-27(45(47,48)49)23-33(39)63-41(67)29-25-30(36(70-8)26-35(29)69-7)42(68)64-34-24-28(46(50,51)52)22-32(40(34)72-20-18-54-2)62-38(66)14-10-12-16-60-44(57-5)58-6/h21-26,53-54H,9-20H2,1-8H3,(H,61,65)(H,62,66)(H,63,67)(H,64,68)(H2,55,56,59)(H2,57,58,60). The van der Waals surface area contributed by atoms with Crippen LogP contribution in [-0.4, -0.2) is 130 Å². The number of carbonyl (C=O) groups is 4. The Balaban J connectivity index is 2.08. The van der Waals surface area contributed by atoms with E-state index in [1.54, 1.807) is 42.3 Å². The number of hydrogen-bond donors (Lipinski definition) is 10. The molecular formula is C46H64F6N12O6S2. The van der Waals surface area contributed by atoms with Gasteiger partial charge in [0.05, 0.1) is 69.0 Å². The summed E-state index contributed by atoms with van der Waals surface area (Å²) in [7, 11) is 12.3.